The van der Waals surface area contributed by atoms with E-state index in [1.54, 1.807) is 24.1 Å². The zero-order chi connectivity index (χ0) is 17.3. The van der Waals surface area contributed by atoms with Crippen LogP contribution in [0.2, 0.25) is 0 Å². The number of primary sulfonamides is 1. The number of benzene rings is 2. The Labute approximate surface area is 140 Å². The van der Waals surface area contributed by atoms with Crippen LogP contribution in [-0.2, 0) is 21.2 Å². The SMILES string of the molecule is CN1C(=O)C(=NCCc2ccc(S(N)(=O)=O)cc2)c2ccccc21. The summed E-state index contributed by atoms with van der Waals surface area (Å²) in [6.07, 6.45) is 0.605. The Hall–Kier alpha value is -2.51. The third-order valence-corrected chi connectivity index (χ3v) is 4.88. The first kappa shape index (κ1) is 16.4. The van der Waals surface area contributed by atoms with Crippen molar-refractivity contribution in [3.8, 4) is 0 Å². The number of hydrogen-bond donors (Lipinski definition) is 1. The average molecular weight is 343 g/mol. The summed E-state index contributed by atoms with van der Waals surface area (Å²) in [5, 5.41) is 5.07. The number of nitrogens with zero attached hydrogens (tertiary/aromatic N) is 2. The topological polar surface area (TPSA) is 92.8 Å². The van der Waals surface area contributed by atoms with Crippen molar-refractivity contribution in [3.05, 3.63) is 59.7 Å². The third-order valence-electron chi connectivity index (χ3n) is 3.95. The predicted octanol–water partition coefficient (Wildman–Crippen LogP) is 1.34. The van der Waals surface area contributed by atoms with E-state index in [0.29, 0.717) is 18.7 Å². The van der Waals surface area contributed by atoms with E-state index < -0.39 is 10.0 Å². The molecule has 7 heteroatoms. The molecule has 1 heterocycles. The van der Waals surface area contributed by atoms with Gasteiger partial charge in [0.1, 0.15) is 5.71 Å². The van der Waals surface area contributed by atoms with Crippen molar-refractivity contribution in [2.45, 2.75) is 11.3 Å². The van der Waals surface area contributed by atoms with Gasteiger partial charge in [0.2, 0.25) is 10.0 Å². The van der Waals surface area contributed by atoms with Gasteiger partial charge >= 0.3 is 0 Å². The van der Waals surface area contributed by atoms with Crippen LogP contribution in [0.1, 0.15) is 11.1 Å². The molecule has 0 radical (unpaired) electrons. The molecule has 6 nitrogen and oxygen atoms in total. The number of sulfonamides is 1. The van der Waals surface area contributed by atoms with Gasteiger partial charge in [0.25, 0.3) is 5.91 Å². The molecule has 0 aromatic heterocycles. The number of amides is 1. The predicted molar refractivity (Wildman–Crippen MR) is 92.8 cm³/mol. The second kappa shape index (κ2) is 6.18. The summed E-state index contributed by atoms with van der Waals surface area (Å²) in [5.74, 6) is -0.110. The van der Waals surface area contributed by atoms with Gasteiger partial charge in [0.15, 0.2) is 0 Å². The van der Waals surface area contributed by atoms with Gasteiger partial charge in [-0.25, -0.2) is 13.6 Å². The summed E-state index contributed by atoms with van der Waals surface area (Å²) in [6.45, 7) is 0.442. The molecule has 0 saturated heterocycles. The molecule has 2 aromatic carbocycles. The first-order chi connectivity index (χ1) is 11.4. The van der Waals surface area contributed by atoms with Gasteiger partial charge in [-0.1, -0.05) is 30.3 Å². The number of anilines is 1. The van der Waals surface area contributed by atoms with Crippen LogP contribution in [0.4, 0.5) is 5.69 Å². The summed E-state index contributed by atoms with van der Waals surface area (Å²) in [5.41, 5.74) is 3.10. The molecule has 0 saturated carbocycles. The Morgan fingerprint density at radius 1 is 1.08 bits per heavy atom. The lowest BCUT2D eigenvalue weighted by Gasteiger charge is -2.07. The monoisotopic (exact) mass is 343 g/mol. The maximum Gasteiger partial charge on any atom is 0.276 e. The highest BCUT2D eigenvalue weighted by molar-refractivity contribution is 7.89. The van der Waals surface area contributed by atoms with E-state index in [1.165, 1.54) is 12.1 Å². The van der Waals surface area contributed by atoms with E-state index >= 15 is 0 Å². The Morgan fingerprint density at radius 3 is 2.42 bits per heavy atom. The average Bonchev–Trinajstić information content (AvgIpc) is 2.80. The summed E-state index contributed by atoms with van der Waals surface area (Å²) in [6, 6.07) is 13.9. The number of carbonyl (C=O) groups excluding carboxylic acids is 1. The second-order valence-corrected chi connectivity index (χ2v) is 7.11. The first-order valence-electron chi connectivity index (χ1n) is 7.41. The maximum atomic E-state index is 12.3. The first-order valence-corrected chi connectivity index (χ1v) is 8.96. The molecular formula is C17H17N3O3S. The molecule has 1 amide bonds. The molecule has 0 spiro atoms. The molecule has 24 heavy (non-hydrogen) atoms. The molecule has 1 aliphatic heterocycles. The van der Waals surface area contributed by atoms with Crippen LogP contribution in [0.5, 0.6) is 0 Å². The molecule has 2 N–H and O–H groups in total. The van der Waals surface area contributed by atoms with Crippen LogP contribution >= 0.6 is 0 Å². The lowest BCUT2D eigenvalue weighted by Crippen LogP contribution is -2.25. The van der Waals surface area contributed by atoms with Gasteiger partial charge in [-0.2, -0.15) is 0 Å². The van der Waals surface area contributed by atoms with Gasteiger partial charge < -0.3 is 4.90 Å². The zero-order valence-electron chi connectivity index (χ0n) is 13.1. The lowest BCUT2D eigenvalue weighted by atomic mass is 10.1. The summed E-state index contributed by atoms with van der Waals surface area (Å²) >= 11 is 0. The fraction of sp³-hybridized carbons (Fsp3) is 0.176. The minimum absolute atomic E-state index is 0.0825. The van der Waals surface area contributed by atoms with Crippen LogP contribution < -0.4 is 10.0 Å². The Kier molecular flexibility index (Phi) is 4.21. The van der Waals surface area contributed by atoms with Crippen LogP contribution in [0.3, 0.4) is 0 Å². The standard InChI is InChI=1S/C17H17N3O3S/c1-20-15-5-3-2-4-14(15)16(17(20)21)19-11-10-12-6-8-13(9-7-12)24(18,22)23/h2-9H,10-11H2,1H3,(H2,18,22,23). The molecule has 1 aliphatic rings. The minimum Gasteiger partial charge on any atom is -0.309 e. The molecule has 124 valence electrons. The Bertz CT molecular complexity index is 918. The van der Waals surface area contributed by atoms with E-state index in [1.807, 2.05) is 24.3 Å². The smallest absolute Gasteiger partial charge is 0.276 e. The van der Waals surface area contributed by atoms with Crippen molar-refractivity contribution >= 4 is 27.3 Å². The fourth-order valence-corrected chi connectivity index (χ4v) is 3.16. The van der Waals surface area contributed by atoms with Crippen molar-refractivity contribution < 1.29 is 13.2 Å². The molecule has 0 unspecified atom stereocenters. The van der Waals surface area contributed by atoms with Crippen molar-refractivity contribution in [1.29, 1.82) is 0 Å². The van der Waals surface area contributed by atoms with Crippen LogP contribution in [-0.4, -0.2) is 33.6 Å². The molecular weight excluding hydrogens is 326 g/mol. The van der Waals surface area contributed by atoms with Crippen molar-refractivity contribution in [3.63, 3.8) is 0 Å². The van der Waals surface area contributed by atoms with E-state index in [9.17, 15) is 13.2 Å². The van der Waals surface area contributed by atoms with Crippen LogP contribution in [0, 0.1) is 0 Å². The van der Waals surface area contributed by atoms with Crippen LogP contribution in [0.15, 0.2) is 58.4 Å². The fourth-order valence-electron chi connectivity index (χ4n) is 2.65. The van der Waals surface area contributed by atoms with Crippen molar-refractivity contribution in [2.75, 3.05) is 18.5 Å². The highest BCUT2D eigenvalue weighted by atomic mass is 32.2. The van der Waals surface area contributed by atoms with Gasteiger partial charge in [0.05, 0.1) is 10.6 Å². The van der Waals surface area contributed by atoms with E-state index in [-0.39, 0.29) is 10.8 Å². The summed E-state index contributed by atoms with van der Waals surface area (Å²) in [7, 11) is -1.95. The number of carbonyl (C=O) groups is 1. The molecule has 0 fully saturated rings. The van der Waals surface area contributed by atoms with E-state index in [2.05, 4.69) is 4.99 Å². The lowest BCUT2D eigenvalue weighted by molar-refractivity contribution is -0.111. The summed E-state index contributed by atoms with van der Waals surface area (Å²) in [4.78, 5) is 18.4. The normalized spacial score (nSPS) is 15.8. The van der Waals surface area contributed by atoms with E-state index in [4.69, 9.17) is 5.14 Å². The van der Waals surface area contributed by atoms with Crippen molar-refractivity contribution in [2.24, 2.45) is 10.1 Å². The number of para-hydroxylation sites is 1. The largest absolute Gasteiger partial charge is 0.309 e. The van der Waals surface area contributed by atoms with Gasteiger partial charge in [-0.3, -0.25) is 9.79 Å². The third kappa shape index (κ3) is 3.08. The molecule has 2 aromatic rings. The maximum absolute atomic E-state index is 12.3. The Balaban J connectivity index is 1.74. The number of hydrogen-bond acceptors (Lipinski definition) is 4. The molecule has 0 aliphatic carbocycles. The Morgan fingerprint density at radius 2 is 1.75 bits per heavy atom. The highest BCUT2D eigenvalue weighted by Crippen LogP contribution is 2.27. The second-order valence-electron chi connectivity index (χ2n) is 5.55. The minimum atomic E-state index is -3.68. The number of likely N-dealkylation sites (N-methyl/N-ethyl adjacent to an activating group) is 1. The molecule has 3 rings (SSSR count). The number of fused-ring (bicyclic) bond motifs is 1. The van der Waals surface area contributed by atoms with Crippen molar-refractivity contribution in [1.82, 2.24) is 0 Å². The van der Waals surface area contributed by atoms with E-state index in [0.717, 1.165) is 16.8 Å². The van der Waals surface area contributed by atoms with Crippen LogP contribution in [0.25, 0.3) is 0 Å². The number of aliphatic imine (C=N–C) groups is 1. The van der Waals surface area contributed by atoms with Gasteiger partial charge in [0, 0.05) is 19.2 Å². The quantitative estimate of drug-likeness (QED) is 0.908. The zero-order valence-corrected chi connectivity index (χ0v) is 14.0. The molecule has 0 atom stereocenters. The van der Waals surface area contributed by atoms with Gasteiger partial charge in [-0.05, 0) is 30.2 Å². The summed E-state index contributed by atoms with van der Waals surface area (Å²) < 4.78 is 22.5. The number of rotatable bonds is 4. The van der Waals surface area contributed by atoms with Gasteiger partial charge in [-0.15, -0.1) is 0 Å². The molecule has 0 bridgehead atoms. The number of nitrogens with two attached hydrogens (primary N) is 1. The highest BCUT2D eigenvalue weighted by Gasteiger charge is 2.30.